The van der Waals surface area contributed by atoms with Gasteiger partial charge in [-0.25, -0.2) is 0 Å². The number of allylic oxidation sites excluding steroid dienone is 5. The maximum absolute atomic E-state index is 12.9. The first-order chi connectivity index (χ1) is 12.8. The third kappa shape index (κ3) is 6.10. The molecule has 4 heteroatoms. The highest BCUT2D eigenvalue weighted by Gasteiger charge is 2.31. The zero-order valence-corrected chi connectivity index (χ0v) is 15.8. The Morgan fingerprint density at radius 2 is 1.85 bits per heavy atom. The fourth-order valence-corrected chi connectivity index (χ4v) is 3.11. The van der Waals surface area contributed by atoms with Crippen molar-refractivity contribution in [1.29, 1.82) is 0 Å². The van der Waals surface area contributed by atoms with E-state index in [1.807, 2.05) is 18.2 Å². The molecule has 1 unspecified atom stereocenters. The van der Waals surface area contributed by atoms with Crippen LogP contribution in [0.3, 0.4) is 0 Å². The average Bonchev–Trinajstić information content (AvgIpc) is 2.63. The molecule has 0 spiro atoms. The third-order valence-electron chi connectivity index (χ3n) is 4.51. The number of benzene rings is 2. The normalized spacial score (nSPS) is 14.4. The third-order valence-corrected chi connectivity index (χ3v) is 4.51. The van der Waals surface area contributed by atoms with Crippen molar-refractivity contribution < 1.29 is 13.2 Å². The van der Waals surface area contributed by atoms with Gasteiger partial charge in [-0.3, -0.25) is 0 Å². The molecule has 0 radical (unpaired) electrons. The summed E-state index contributed by atoms with van der Waals surface area (Å²) >= 11 is 0. The van der Waals surface area contributed by atoms with E-state index in [2.05, 4.69) is 43.1 Å². The van der Waals surface area contributed by atoms with Gasteiger partial charge in [-0.05, 0) is 49.6 Å². The summed E-state index contributed by atoms with van der Waals surface area (Å²) < 4.78 is 38.7. The van der Waals surface area contributed by atoms with Crippen LogP contribution in [0.15, 0.2) is 78.4 Å². The monoisotopic (exact) mass is 373 g/mol. The lowest BCUT2D eigenvalue weighted by atomic mass is 9.99. The molecule has 2 aromatic carbocycles. The molecular weight excluding hydrogens is 347 g/mol. The lowest BCUT2D eigenvalue weighted by molar-refractivity contribution is -0.0882. The zero-order valence-electron chi connectivity index (χ0n) is 15.8. The van der Waals surface area contributed by atoms with Crippen molar-refractivity contribution in [2.24, 2.45) is 0 Å². The second-order valence-electron chi connectivity index (χ2n) is 6.69. The molecule has 0 saturated heterocycles. The molecule has 1 N–H and O–H groups in total. The van der Waals surface area contributed by atoms with E-state index in [0.717, 1.165) is 19.0 Å². The summed E-state index contributed by atoms with van der Waals surface area (Å²) in [5.74, 6) is 0. The lowest BCUT2D eigenvalue weighted by Crippen LogP contribution is -2.20. The summed E-state index contributed by atoms with van der Waals surface area (Å²) in [5, 5.41) is 5.90. The molecule has 0 aliphatic heterocycles. The van der Waals surface area contributed by atoms with Crippen molar-refractivity contribution in [1.82, 2.24) is 5.32 Å². The van der Waals surface area contributed by atoms with Gasteiger partial charge in [0.25, 0.3) is 0 Å². The van der Waals surface area contributed by atoms with E-state index in [-0.39, 0.29) is 6.04 Å². The van der Waals surface area contributed by atoms with Crippen molar-refractivity contribution in [3.8, 4) is 0 Å². The summed E-state index contributed by atoms with van der Waals surface area (Å²) in [6.45, 7) is 7.93. The van der Waals surface area contributed by atoms with Crippen LogP contribution in [0.2, 0.25) is 0 Å². The highest BCUT2D eigenvalue weighted by atomic mass is 19.4. The lowest BCUT2D eigenvalue weighted by Gasteiger charge is -2.17. The number of hydrogen-bond donors (Lipinski definition) is 1. The molecule has 0 fully saturated rings. The molecule has 1 nitrogen and oxygen atoms in total. The number of hydrogen-bond acceptors (Lipinski definition) is 1. The fraction of sp³-hybridized carbons (Fsp3) is 0.304. The minimum absolute atomic E-state index is 0.173. The zero-order chi connectivity index (χ0) is 19.9. The van der Waals surface area contributed by atoms with E-state index < -0.39 is 11.7 Å². The van der Waals surface area contributed by atoms with Crippen LogP contribution in [0, 0.1) is 0 Å². The van der Waals surface area contributed by atoms with Gasteiger partial charge in [0.2, 0.25) is 0 Å². The molecule has 0 aliphatic rings. The summed E-state index contributed by atoms with van der Waals surface area (Å²) in [6.07, 6.45) is 0.410. The van der Waals surface area contributed by atoms with Gasteiger partial charge in [0.1, 0.15) is 0 Å². The molecular formula is C23H26F3N. The first-order valence-electron chi connectivity index (χ1n) is 9.11. The van der Waals surface area contributed by atoms with Crippen LogP contribution < -0.4 is 5.32 Å². The Balaban J connectivity index is 1.91. The van der Waals surface area contributed by atoms with Crippen LogP contribution in [0.1, 0.15) is 38.3 Å². The van der Waals surface area contributed by atoms with Gasteiger partial charge in [-0.2, -0.15) is 13.2 Å². The van der Waals surface area contributed by atoms with Crippen molar-refractivity contribution in [2.45, 2.75) is 38.9 Å². The molecule has 0 bridgehead atoms. The molecule has 0 aromatic heterocycles. The van der Waals surface area contributed by atoms with Crippen molar-refractivity contribution in [3.63, 3.8) is 0 Å². The topological polar surface area (TPSA) is 12.0 Å². The Morgan fingerprint density at radius 1 is 1.15 bits per heavy atom. The van der Waals surface area contributed by atoms with Gasteiger partial charge in [0, 0.05) is 6.04 Å². The van der Waals surface area contributed by atoms with Gasteiger partial charge >= 0.3 is 6.18 Å². The van der Waals surface area contributed by atoms with Crippen LogP contribution in [-0.2, 0) is 0 Å². The Labute approximate surface area is 159 Å². The molecule has 144 valence electrons. The molecule has 0 aliphatic carbocycles. The summed E-state index contributed by atoms with van der Waals surface area (Å²) in [4.78, 5) is 0. The molecule has 2 rings (SSSR count). The predicted molar refractivity (Wildman–Crippen MR) is 108 cm³/mol. The van der Waals surface area contributed by atoms with Gasteiger partial charge < -0.3 is 5.32 Å². The van der Waals surface area contributed by atoms with Gasteiger partial charge in [0.15, 0.2) is 0 Å². The smallest absolute Gasteiger partial charge is 0.310 e. The first-order valence-corrected chi connectivity index (χ1v) is 9.11. The van der Waals surface area contributed by atoms with E-state index in [1.165, 1.54) is 28.5 Å². The second kappa shape index (κ2) is 9.56. The number of rotatable bonds is 8. The van der Waals surface area contributed by atoms with Gasteiger partial charge in [-0.15, -0.1) is 0 Å². The van der Waals surface area contributed by atoms with E-state index >= 15 is 0 Å². The van der Waals surface area contributed by atoms with Crippen LogP contribution in [-0.4, -0.2) is 12.7 Å². The van der Waals surface area contributed by atoms with Gasteiger partial charge in [-0.1, -0.05) is 72.8 Å². The molecule has 27 heavy (non-hydrogen) atoms. The maximum Gasteiger partial charge on any atom is 0.416 e. The van der Waals surface area contributed by atoms with Crippen molar-refractivity contribution in [2.75, 3.05) is 6.54 Å². The number of alkyl halides is 3. The molecule has 1 atom stereocenters. The number of nitrogens with one attached hydrogen (secondary N) is 1. The highest BCUT2D eigenvalue weighted by molar-refractivity contribution is 5.86. The quantitative estimate of drug-likeness (QED) is 0.392. The van der Waals surface area contributed by atoms with E-state index in [9.17, 15) is 13.2 Å². The van der Waals surface area contributed by atoms with Crippen LogP contribution in [0.25, 0.3) is 10.8 Å². The molecule has 2 aromatic rings. The van der Waals surface area contributed by atoms with Crippen LogP contribution in [0.4, 0.5) is 13.2 Å². The van der Waals surface area contributed by atoms with Crippen LogP contribution in [0.5, 0.6) is 0 Å². The highest BCUT2D eigenvalue weighted by Crippen LogP contribution is 2.28. The Hall–Kier alpha value is -2.33. The maximum atomic E-state index is 12.9. The SMILES string of the molecule is C=C/C=C(\C=C(/C)CCCNC(C)c1cccc2ccccc12)C(F)(F)F. The van der Waals surface area contributed by atoms with E-state index in [1.54, 1.807) is 6.92 Å². The minimum Gasteiger partial charge on any atom is -0.310 e. The number of fused-ring (bicyclic) bond motifs is 1. The van der Waals surface area contributed by atoms with Gasteiger partial charge in [0.05, 0.1) is 5.57 Å². The predicted octanol–water partition coefficient (Wildman–Crippen LogP) is 6.89. The Morgan fingerprint density at radius 3 is 2.56 bits per heavy atom. The number of halogens is 3. The van der Waals surface area contributed by atoms with E-state index in [0.29, 0.717) is 12.0 Å². The largest absolute Gasteiger partial charge is 0.416 e. The first kappa shape index (κ1) is 21.0. The standard InChI is InChI=1S/C23H26F3N/c1-4-9-20(23(24,25)26)16-17(2)10-8-15-27-18(3)21-14-7-12-19-11-5-6-13-22(19)21/h4-7,9,11-14,16,18,27H,1,8,10,15H2,2-3H3/b17-16+,20-9+. The van der Waals surface area contributed by atoms with Crippen molar-refractivity contribution in [3.05, 3.63) is 84.0 Å². The summed E-state index contributed by atoms with van der Waals surface area (Å²) in [6, 6.07) is 14.7. The molecule has 0 saturated carbocycles. The van der Waals surface area contributed by atoms with Crippen LogP contribution >= 0.6 is 0 Å². The van der Waals surface area contributed by atoms with E-state index in [4.69, 9.17) is 0 Å². The summed E-state index contributed by atoms with van der Waals surface area (Å²) in [5.41, 5.74) is 1.28. The summed E-state index contributed by atoms with van der Waals surface area (Å²) in [7, 11) is 0. The molecule has 0 heterocycles. The second-order valence-corrected chi connectivity index (χ2v) is 6.69. The molecule has 0 amide bonds. The fourth-order valence-electron chi connectivity index (χ4n) is 3.11. The Bertz CT molecular complexity index is 826. The average molecular weight is 373 g/mol. The Kier molecular flexibility index (Phi) is 7.43. The minimum atomic E-state index is -4.35. The van der Waals surface area contributed by atoms with Crippen molar-refractivity contribution >= 4 is 10.8 Å².